The Morgan fingerprint density at radius 2 is 1.75 bits per heavy atom. The lowest BCUT2D eigenvalue weighted by Gasteiger charge is -2.16. The predicted octanol–water partition coefficient (Wildman–Crippen LogP) is 3.83. The fourth-order valence-electron chi connectivity index (χ4n) is 3.93. The molecule has 0 unspecified atom stereocenters. The van der Waals surface area contributed by atoms with Crippen LogP contribution in [0.5, 0.6) is 0 Å². The Balaban J connectivity index is 1.55. The van der Waals surface area contributed by atoms with Crippen LogP contribution in [-0.4, -0.2) is 24.5 Å². The lowest BCUT2D eigenvalue weighted by Crippen LogP contribution is -2.21. The molecule has 0 spiro atoms. The molecule has 1 fully saturated rings. The van der Waals surface area contributed by atoms with Gasteiger partial charge in [0.2, 0.25) is 5.91 Å². The second kappa shape index (κ2) is 9.51. The number of esters is 2. The minimum atomic E-state index is -0.563. The third-order valence-electron chi connectivity index (χ3n) is 5.32. The number of allylic oxidation sites excluding steroid dienone is 2. The molecule has 1 saturated heterocycles. The number of carbonyl (C=O) groups is 3. The quantitative estimate of drug-likeness (QED) is 0.550. The summed E-state index contributed by atoms with van der Waals surface area (Å²) in [6.45, 7) is 2.06. The van der Waals surface area contributed by atoms with Crippen LogP contribution in [0.25, 0.3) is 0 Å². The third-order valence-corrected chi connectivity index (χ3v) is 5.32. The number of hydrogen-bond donors (Lipinski definition) is 1. The fraction of sp³-hybridized carbons (Fsp3) is 0.240. The van der Waals surface area contributed by atoms with Crippen LogP contribution in [0.2, 0.25) is 0 Å². The van der Waals surface area contributed by atoms with Gasteiger partial charge in [0, 0.05) is 18.0 Å². The van der Waals surface area contributed by atoms with Gasteiger partial charge in [-0.3, -0.25) is 4.79 Å². The topological polar surface area (TPSA) is 90.9 Å². The van der Waals surface area contributed by atoms with Crippen LogP contribution in [0.1, 0.15) is 30.4 Å². The lowest BCUT2D eigenvalue weighted by molar-refractivity contribution is -0.139. The number of ether oxygens (including phenoxy) is 3. The molecular weight excluding hydrogens is 410 g/mol. The molecule has 7 nitrogen and oxygen atoms in total. The summed E-state index contributed by atoms with van der Waals surface area (Å²) in [5.74, 6) is -1.66. The van der Waals surface area contributed by atoms with E-state index < -0.39 is 23.8 Å². The molecule has 2 aromatic carbocycles. The van der Waals surface area contributed by atoms with Gasteiger partial charge in [0.25, 0.3) is 0 Å². The summed E-state index contributed by atoms with van der Waals surface area (Å²) in [5.41, 5.74) is 2.43. The number of fused-ring (bicyclic) bond motifs is 1. The Morgan fingerprint density at radius 3 is 2.53 bits per heavy atom. The molecule has 2 aliphatic heterocycles. The number of rotatable bonds is 6. The second-order valence-corrected chi connectivity index (χ2v) is 7.47. The Hall–Kier alpha value is -3.87. The van der Waals surface area contributed by atoms with Gasteiger partial charge in [0.1, 0.15) is 18.1 Å². The smallest absolute Gasteiger partial charge is 0.334 e. The summed E-state index contributed by atoms with van der Waals surface area (Å²) >= 11 is 0. The summed E-state index contributed by atoms with van der Waals surface area (Å²) in [5, 5.41) is 2.87. The Morgan fingerprint density at radius 1 is 1.03 bits per heavy atom. The summed E-state index contributed by atoms with van der Waals surface area (Å²) in [4.78, 5) is 37.2. The highest BCUT2D eigenvalue weighted by molar-refractivity contribution is 6.03. The van der Waals surface area contributed by atoms with Crippen molar-refractivity contribution in [2.45, 2.75) is 25.9 Å². The number of hydrogen-bond acceptors (Lipinski definition) is 6. The fourth-order valence-corrected chi connectivity index (χ4v) is 3.93. The van der Waals surface area contributed by atoms with Crippen molar-refractivity contribution in [3.63, 3.8) is 0 Å². The molecule has 0 saturated carbocycles. The van der Waals surface area contributed by atoms with Crippen molar-refractivity contribution in [2.24, 2.45) is 5.92 Å². The van der Waals surface area contributed by atoms with Gasteiger partial charge in [-0.15, -0.1) is 0 Å². The highest BCUT2D eigenvalue weighted by atomic mass is 16.5. The predicted molar refractivity (Wildman–Crippen MR) is 116 cm³/mol. The van der Waals surface area contributed by atoms with E-state index in [1.54, 1.807) is 6.92 Å². The molecule has 1 N–H and O–H groups in total. The Kier molecular flexibility index (Phi) is 6.35. The van der Waals surface area contributed by atoms with Crippen molar-refractivity contribution in [1.29, 1.82) is 0 Å². The van der Waals surface area contributed by atoms with E-state index >= 15 is 0 Å². The van der Waals surface area contributed by atoms with Gasteiger partial charge in [-0.05, 0) is 24.1 Å². The first kappa shape index (κ1) is 21.4. The molecule has 0 radical (unpaired) electrons. The summed E-state index contributed by atoms with van der Waals surface area (Å²) in [6, 6.07) is 16.7. The van der Waals surface area contributed by atoms with Gasteiger partial charge in [0.05, 0.1) is 24.7 Å². The zero-order valence-corrected chi connectivity index (χ0v) is 17.6. The Bertz CT molecular complexity index is 1090. The molecule has 2 aromatic rings. The average Bonchev–Trinajstić information content (AvgIpc) is 3.31. The summed E-state index contributed by atoms with van der Waals surface area (Å²) in [6.07, 6.45) is 2.79. The van der Waals surface area contributed by atoms with Crippen molar-refractivity contribution in [3.05, 3.63) is 89.4 Å². The van der Waals surface area contributed by atoms with Crippen molar-refractivity contribution in [1.82, 2.24) is 0 Å². The largest absolute Gasteiger partial charge is 0.465 e. The van der Waals surface area contributed by atoms with E-state index in [4.69, 9.17) is 14.2 Å². The van der Waals surface area contributed by atoms with Gasteiger partial charge in [-0.1, -0.05) is 48.5 Å². The van der Waals surface area contributed by atoms with E-state index in [-0.39, 0.29) is 25.5 Å². The van der Waals surface area contributed by atoms with Crippen molar-refractivity contribution >= 4 is 23.5 Å². The van der Waals surface area contributed by atoms with Crippen LogP contribution in [0.15, 0.2) is 78.3 Å². The van der Waals surface area contributed by atoms with Crippen LogP contribution < -0.4 is 5.32 Å². The van der Waals surface area contributed by atoms with Crippen LogP contribution in [-0.2, 0) is 35.2 Å². The number of benzene rings is 2. The van der Waals surface area contributed by atoms with Crippen molar-refractivity contribution < 1.29 is 28.6 Å². The van der Waals surface area contributed by atoms with E-state index in [2.05, 4.69) is 5.32 Å². The number of amides is 1. The molecule has 164 valence electrons. The first-order valence-corrected chi connectivity index (χ1v) is 10.4. The van der Waals surface area contributed by atoms with Crippen LogP contribution in [0.3, 0.4) is 0 Å². The Labute approximate surface area is 185 Å². The molecule has 2 aliphatic rings. The van der Waals surface area contributed by atoms with Gasteiger partial charge in [-0.25, -0.2) is 9.59 Å². The minimum absolute atomic E-state index is 0.136. The van der Waals surface area contributed by atoms with Gasteiger partial charge >= 0.3 is 11.9 Å². The molecule has 1 amide bonds. The zero-order chi connectivity index (χ0) is 22.5. The minimum Gasteiger partial charge on any atom is -0.465 e. The van der Waals surface area contributed by atoms with E-state index in [9.17, 15) is 14.4 Å². The molecule has 32 heavy (non-hydrogen) atoms. The van der Waals surface area contributed by atoms with E-state index in [1.807, 2.05) is 54.6 Å². The maximum absolute atomic E-state index is 12.7. The average molecular weight is 433 g/mol. The maximum atomic E-state index is 12.7. The molecule has 0 aliphatic carbocycles. The van der Waals surface area contributed by atoms with E-state index in [1.165, 1.54) is 12.2 Å². The molecule has 0 aromatic heterocycles. The van der Waals surface area contributed by atoms with Crippen molar-refractivity contribution in [3.8, 4) is 0 Å². The van der Waals surface area contributed by atoms with Crippen molar-refractivity contribution in [2.75, 3.05) is 11.9 Å². The molecule has 2 atom stereocenters. The lowest BCUT2D eigenvalue weighted by atomic mass is 9.84. The standard InChI is InChI=1S/C25H23NO6/c1-2-30-23(28)14-21-19(24-18-10-6-7-11-20(18)26-25(24)29)12-17(32-21)13-22(27)31-15-16-8-4-3-5-9-16/h3-11,13-14,19,24H,2,12,15H2,1H3,(H,26,29)/b17-13+,21-14-/t19-,24+/m0/s1. The zero-order valence-electron chi connectivity index (χ0n) is 17.6. The van der Waals surface area contributed by atoms with E-state index in [0.29, 0.717) is 11.5 Å². The first-order valence-electron chi connectivity index (χ1n) is 10.4. The summed E-state index contributed by atoms with van der Waals surface area (Å²) < 4.78 is 16.1. The molecular formula is C25H23NO6. The first-order chi connectivity index (χ1) is 15.5. The highest BCUT2D eigenvalue weighted by Gasteiger charge is 2.43. The van der Waals surface area contributed by atoms with Gasteiger partial charge in [0.15, 0.2) is 0 Å². The monoisotopic (exact) mass is 433 g/mol. The molecule has 2 heterocycles. The SMILES string of the molecule is CCOC(=O)/C=C1\O/C(=C/C(=O)OCc2ccccc2)C[C@@H]1[C@@H]1C(=O)Nc2ccccc21. The van der Waals surface area contributed by atoms with E-state index in [0.717, 1.165) is 16.8 Å². The van der Waals surface area contributed by atoms with Crippen LogP contribution in [0, 0.1) is 5.92 Å². The number of para-hydroxylation sites is 1. The van der Waals surface area contributed by atoms with Gasteiger partial charge < -0.3 is 19.5 Å². The maximum Gasteiger partial charge on any atom is 0.334 e. The second-order valence-electron chi connectivity index (χ2n) is 7.47. The molecule has 7 heteroatoms. The number of nitrogens with one attached hydrogen (secondary N) is 1. The molecule has 4 rings (SSSR count). The molecule has 0 bridgehead atoms. The van der Waals surface area contributed by atoms with Crippen LogP contribution in [0.4, 0.5) is 5.69 Å². The third kappa shape index (κ3) is 4.72. The normalized spacial score (nSPS) is 21.7. The number of carbonyl (C=O) groups excluding carboxylic acids is 3. The highest BCUT2D eigenvalue weighted by Crippen LogP contribution is 2.47. The number of anilines is 1. The summed E-state index contributed by atoms with van der Waals surface area (Å²) in [7, 11) is 0. The van der Waals surface area contributed by atoms with Crippen LogP contribution >= 0.6 is 0 Å². The van der Waals surface area contributed by atoms with Gasteiger partial charge in [-0.2, -0.15) is 0 Å².